The van der Waals surface area contributed by atoms with Crippen molar-refractivity contribution in [2.75, 3.05) is 6.54 Å². The molecule has 0 saturated carbocycles. The summed E-state index contributed by atoms with van der Waals surface area (Å²) >= 11 is 1.54. The normalized spacial score (nSPS) is 14.4. The third-order valence-corrected chi connectivity index (χ3v) is 4.72. The number of H-pyrrole nitrogens is 1. The quantitative estimate of drug-likeness (QED) is 0.749. The Morgan fingerprint density at radius 3 is 2.95 bits per heavy atom. The van der Waals surface area contributed by atoms with E-state index in [-0.39, 0.29) is 5.91 Å². The van der Waals surface area contributed by atoms with Crippen molar-refractivity contribution in [3.8, 4) is 0 Å². The molecule has 0 atom stereocenters. The number of benzene rings is 1. The van der Waals surface area contributed by atoms with Crippen molar-refractivity contribution in [3.63, 3.8) is 0 Å². The number of nitrogens with one attached hydrogen (secondary N) is 1. The molecule has 0 radical (unpaired) electrons. The number of hydrogen-bond acceptors (Lipinski definition) is 3. The van der Waals surface area contributed by atoms with Crippen molar-refractivity contribution in [3.05, 3.63) is 51.6 Å². The highest BCUT2D eigenvalue weighted by Crippen LogP contribution is 2.24. The minimum Gasteiger partial charge on any atom is -0.350 e. The molecule has 0 aliphatic carbocycles. The van der Waals surface area contributed by atoms with E-state index in [1.807, 2.05) is 0 Å². The standard InChI is InChI=1S/C15H11F2N3OS/c16-9-3-8-4-13(19-12(8)5-10(9)17)15(21)20-2-1-11-14(6-20)22-7-18-11/h3-5,7,19H,1-2,6H2. The Hall–Kier alpha value is -2.28. The number of fused-ring (bicyclic) bond motifs is 2. The Bertz CT molecular complexity index is 847. The van der Waals surface area contributed by atoms with Crippen LogP contribution in [0.25, 0.3) is 10.9 Å². The Labute approximate surface area is 128 Å². The van der Waals surface area contributed by atoms with Crippen LogP contribution in [0.2, 0.25) is 0 Å². The van der Waals surface area contributed by atoms with Crippen LogP contribution in [0.5, 0.6) is 0 Å². The van der Waals surface area contributed by atoms with Gasteiger partial charge in [0, 0.05) is 34.8 Å². The van der Waals surface area contributed by atoms with Crippen LogP contribution in [0.3, 0.4) is 0 Å². The zero-order valence-corrected chi connectivity index (χ0v) is 12.2. The first-order valence-electron chi connectivity index (χ1n) is 6.80. The molecule has 2 aromatic heterocycles. The zero-order chi connectivity index (χ0) is 15.3. The number of hydrogen-bond donors (Lipinski definition) is 1. The Kier molecular flexibility index (Phi) is 2.97. The maximum Gasteiger partial charge on any atom is 0.270 e. The molecule has 3 heterocycles. The predicted octanol–water partition coefficient (Wildman–Crippen LogP) is 3.10. The van der Waals surface area contributed by atoms with E-state index < -0.39 is 11.6 Å². The molecule has 1 aromatic carbocycles. The Morgan fingerprint density at radius 1 is 1.27 bits per heavy atom. The first-order valence-corrected chi connectivity index (χ1v) is 7.68. The van der Waals surface area contributed by atoms with Gasteiger partial charge in [-0.2, -0.15) is 0 Å². The number of thiazole rings is 1. The monoisotopic (exact) mass is 319 g/mol. The molecule has 0 fully saturated rings. The minimum atomic E-state index is -0.930. The lowest BCUT2D eigenvalue weighted by Gasteiger charge is -2.25. The molecule has 22 heavy (non-hydrogen) atoms. The third-order valence-electron chi connectivity index (χ3n) is 3.86. The van der Waals surface area contributed by atoms with Gasteiger partial charge in [-0.05, 0) is 12.1 Å². The van der Waals surface area contributed by atoms with E-state index in [0.29, 0.717) is 29.7 Å². The van der Waals surface area contributed by atoms with Gasteiger partial charge in [-0.25, -0.2) is 13.8 Å². The highest BCUT2D eigenvalue weighted by Gasteiger charge is 2.24. The number of carbonyl (C=O) groups excluding carboxylic acids is 1. The van der Waals surface area contributed by atoms with Gasteiger partial charge in [-0.15, -0.1) is 11.3 Å². The molecule has 1 N–H and O–H groups in total. The smallest absolute Gasteiger partial charge is 0.270 e. The number of rotatable bonds is 1. The van der Waals surface area contributed by atoms with Crippen molar-refractivity contribution in [2.45, 2.75) is 13.0 Å². The fraction of sp³-hybridized carbons (Fsp3) is 0.200. The Morgan fingerprint density at radius 2 is 2.09 bits per heavy atom. The second kappa shape index (κ2) is 4.88. The maximum absolute atomic E-state index is 13.3. The predicted molar refractivity (Wildman–Crippen MR) is 78.8 cm³/mol. The largest absolute Gasteiger partial charge is 0.350 e. The number of nitrogens with zero attached hydrogens (tertiary/aromatic N) is 2. The van der Waals surface area contributed by atoms with Gasteiger partial charge in [0.25, 0.3) is 5.91 Å². The Balaban J connectivity index is 1.66. The highest BCUT2D eigenvalue weighted by molar-refractivity contribution is 7.09. The van der Waals surface area contributed by atoms with Crippen LogP contribution < -0.4 is 0 Å². The lowest BCUT2D eigenvalue weighted by molar-refractivity contribution is 0.0731. The molecule has 0 bridgehead atoms. The molecule has 7 heteroatoms. The van der Waals surface area contributed by atoms with Gasteiger partial charge >= 0.3 is 0 Å². The molecular formula is C15H11F2N3OS. The van der Waals surface area contributed by atoms with Gasteiger partial charge < -0.3 is 9.88 Å². The highest BCUT2D eigenvalue weighted by atomic mass is 32.1. The van der Waals surface area contributed by atoms with E-state index in [0.717, 1.165) is 29.1 Å². The lowest BCUT2D eigenvalue weighted by Crippen LogP contribution is -2.35. The van der Waals surface area contributed by atoms with Gasteiger partial charge in [-0.3, -0.25) is 4.79 Å². The van der Waals surface area contributed by atoms with Crippen LogP contribution >= 0.6 is 11.3 Å². The lowest BCUT2D eigenvalue weighted by atomic mass is 10.1. The van der Waals surface area contributed by atoms with Gasteiger partial charge in [0.15, 0.2) is 11.6 Å². The van der Waals surface area contributed by atoms with Crippen LogP contribution in [-0.4, -0.2) is 27.3 Å². The molecule has 0 spiro atoms. The van der Waals surface area contributed by atoms with Gasteiger partial charge in [0.1, 0.15) is 5.69 Å². The van der Waals surface area contributed by atoms with E-state index in [2.05, 4.69) is 9.97 Å². The topological polar surface area (TPSA) is 49.0 Å². The van der Waals surface area contributed by atoms with Crippen molar-refractivity contribution in [1.29, 1.82) is 0 Å². The van der Waals surface area contributed by atoms with E-state index >= 15 is 0 Å². The van der Waals surface area contributed by atoms with Crippen LogP contribution in [0.15, 0.2) is 23.7 Å². The van der Waals surface area contributed by atoms with Crippen molar-refractivity contribution in [1.82, 2.24) is 14.9 Å². The summed E-state index contributed by atoms with van der Waals surface area (Å²) in [6.07, 6.45) is 0.730. The average molecular weight is 319 g/mol. The van der Waals surface area contributed by atoms with E-state index in [1.165, 1.54) is 11.3 Å². The fourth-order valence-corrected chi connectivity index (χ4v) is 3.53. The van der Waals surface area contributed by atoms with E-state index in [1.54, 1.807) is 16.5 Å². The second-order valence-corrected chi connectivity index (χ2v) is 6.17. The SMILES string of the molecule is O=C(c1cc2cc(F)c(F)cc2[nH]1)N1CCc2ncsc2C1. The summed E-state index contributed by atoms with van der Waals surface area (Å²) in [5, 5.41) is 0.484. The molecule has 4 rings (SSSR count). The van der Waals surface area contributed by atoms with Crippen LogP contribution in [-0.2, 0) is 13.0 Å². The van der Waals surface area contributed by atoms with Gasteiger partial charge in [-0.1, -0.05) is 0 Å². The number of aromatic amines is 1. The van der Waals surface area contributed by atoms with Crippen LogP contribution in [0.4, 0.5) is 8.78 Å². The molecule has 1 aliphatic heterocycles. The third kappa shape index (κ3) is 2.09. The van der Waals surface area contributed by atoms with Crippen molar-refractivity contribution in [2.24, 2.45) is 0 Å². The van der Waals surface area contributed by atoms with Crippen molar-refractivity contribution < 1.29 is 13.6 Å². The molecular weight excluding hydrogens is 308 g/mol. The molecule has 0 saturated heterocycles. The molecule has 1 amide bonds. The first kappa shape index (κ1) is 13.4. The van der Waals surface area contributed by atoms with Gasteiger partial charge in [0.2, 0.25) is 0 Å². The number of aromatic nitrogens is 2. The molecule has 3 aromatic rings. The summed E-state index contributed by atoms with van der Waals surface area (Å²) in [5.41, 5.74) is 3.59. The minimum absolute atomic E-state index is 0.170. The average Bonchev–Trinajstić information content (AvgIpc) is 3.12. The van der Waals surface area contributed by atoms with Crippen molar-refractivity contribution >= 4 is 28.1 Å². The van der Waals surface area contributed by atoms with E-state index in [9.17, 15) is 13.6 Å². The summed E-state index contributed by atoms with van der Waals surface area (Å²) in [6.45, 7) is 1.12. The molecule has 4 nitrogen and oxygen atoms in total. The summed E-state index contributed by atoms with van der Waals surface area (Å²) in [7, 11) is 0. The maximum atomic E-state index is 13.3. The van der Waals surface area contributed by atoms with Crippen LogP contribution in [0.1, 0.15) is 21.1 Å². The van der Waals surface area contributed by atoms with Gasteiger partial charge in [0.05, 0.1) is 17.7 Å². The first-order chi connectivity index (χ1) is 10.6. The van der Waals surface area contributed by atoms with Crippen LogP contribution in [0, 0.1) is 11.6 Å². The summed E-state index contributed by atoms with van der Waals surface area (Å²) in [4.78, 5) is 22.5. The number of amides is 1. The fourth-order valence-electron chi connectivity index (χ4n) is 2.70. The molecule has 112 valence electrons. The second-order valence-electron chi connectivity index (χ2n) is 5.24. The number of carbonyl (C=O) groups is 1. The van der Waals surface area contributed by atoms with E-state index in [4.69, 9.17) is 0 Å². The molecule has 1 aliphatic rings. The zero-order valence-electron chi connectivity index (χ0n) is 11.4. The summed E-state index contributed by atoms with van der Waals surface area (Å²) in [6, 6.07) is 3.72. The number of halogens is 2. The molecule has 0 unspecified atom stereocenters. The summed E-state index contributed by atoms with van der Waals surface area (Å²) < 4.78 is 26.5. The summed E-state index contributed by atoms with van der Waals surface area (Å²) in [5.74, 6) is -2.02.